The Morgan fingerprint density at radius 1 is 1.14 bits per heavy atom. The Morgan fingerprint density at radius 3 is 2.59 bits per heavy atom. The van der Waals surface area contributed by atoms with Gasteiger partial charge in [0, 0.05) is 12.8 Å². The van der Waals surface area contributed by atoms with Crippen LogP contribution in [0.4, 0.5) is 18.9 Å². The zero-order valence-corrected chi connectivity index (χ0v) is 15.4. The molecule has 1 amide bonds. The molecule has 0 atom stereocenters. The van der Waals surface area contributed by atoms with Gasteiger partial charge in [-0.3, -0.25) is 9.36 Å². The van der Waals surface area contributed by atoms with Crippen LogP contribution in [0.2, 0.25) is 0 Å². The number of para-hydroxylation sites is 1. The number of halogens is 3. The Balaban J connectivity index is 1.90. The summed E-state index contributed by atoms with van der Waals surface area (Å²) in [5, 5.41) is 2.50. The fraction of sp³-hybridized carbons (Fsp3) is 0.200. The molecule has 6 nitrogen and oxygen atoms in total. The number of imidazole rings is 1. The molecule has 0 radical (unpaired) electrons. The highest BCUT2D eigenvalue weighted by molar-refractivity contribution is 6.04. The molecule has 1 aromatic heterocycles. The van der Waals surface area contributed by atoms with Crippen LogP contribution < -0.4 is 10.1 Å². The molecular weight excluding hydrogens is 387 g/mol. The molecule has 0 spiro atoms. The second kappa shape index (κ2) is 8.78. The molecule has 0 aliphatic carbocycles. The van der Waals surface area contributed by atoms with E-state index < -0.39 is 17.6 Å². The van der Waals surface area contributed by atoms with Gasteiger partial charge in [0.05, 0.1) is 30.4 Å². The molecule has 29 heavy (non-hydrogen) atoms. The molecule has 0 unspecified atom stereocenters. The number of aromatic nitrogens is 2. The van der Waals surface area contributed by atoms with Crippen LogP contribution in [0.15, 0.2) is 61.1 Å². The first-order valence-electron chi connectivity index (χ1n) is 8.62. The van der Waals surface area contributed by atoms with E-state index in [-0.39, 0.29) is 30.3 Å². The van der Waals surface area contributed by atoms with Crippen molar-refractivity contribution in [1.82, 2.24) is 9.55 Å². The number of alkyl halides is 3. The monoisotopic (exact) mass is 405 g/mol. The predicted octanol–water partition coefficient (Wildman–Crippen LogP) is 4.17. The average Bonchev–Trinajstić information content (AvgIpc) is 3.19. The molecule has 3 aromatic rings. The Labute approximate surface area is 164 Å². The van der Waals surface area contributed by atoms with E-state index in [2.05, 4.69) is 10.3 Å². The van der Waals surface area contributed by atoms with Gasteiger partial charge in [-0.05, 0) is 30.3 Å². The minimum Gasteiger partial charge on any atom is -0.489 e. The van der Waals surface area contributed by atoms with Gasteiger partial charge in [0.2, 0.25) is 0 Å². The molecule has 0 fully saturated rings. The highest BCUT2D eigenvalue weighted by atomic mass is 19.4. The summed E-state index contributed by atoms with van der Waals surface area (Å²) < 4.78 is 51.2. The number of anilines is 1. The number of amides is 1. The first-order valence-corrected chi connectivity index (χ1v) is 8.62. The lowest BCUT2D eigenvalue weighted by molar-refractivity contribution is -0.137. The number of rotatable bonds is 7. The van der Waals surface area contributed by atoms with Gasteiger partial charge in [-0.1, -0.05) is 18.2 Å². The average molecular weight is 405 g/mol. The predicted molar refractivity (Wildman–Crippen MR) is 100 cm³/mol. The SMILES string of the molecule is COCCOc1ccc(C(F)(F)F)cc1NC(=O)c1cncn1-c1ccccc1. The van der Waals surface area contributed by atoms with Gasteiger partial charge in [0.1, 0.15) is 18.1 Å². The zero-order valence-electron chi connectivity index (χ0n) is 15.4. The maximum Gasteiger partial charge on any atom is 0.416 e. The van der Waals surface area contributed by atoms with Gasteiger partial charge in [0.15, 0.2) is 0 Å². The number of benzene rings is 2. The molecule has 0 bridgehead atoms. The number of nitrogens with zero attached hydrogens (tertiary/aromatic N) is 2. The first-order chi connectivity index (χ1) is 13.9. The molecule has 152 valence electrons. The lowest BCUT2D eigenvalue weighted by Gasteiger charge is -2.16. The zero-order chi connectivity index (χ0) is 20.9. The van der Waals surface area contributed by atoms with Crippen LogP contribution in [-0.2, 0) is 10.9 Å². The fourth-order valence-corrected chi connectivity index (χ4v) is 2.61. The largest absolute Gasteiger partial charge is 0.489 e. The third-order valence-corrected chi connectivity index (χ3v) is 4.01. The number of methoxy groups -OCH3 is 1. The quantitative estimate of drug-likeness (QED) is 0.600. The van der Waals surface area contributed by atoms with Crippen molar-refractivity contribution in [2.45, 2.75) is 6.18 Å². The standard InChI is InChI=1S/C20H18F3N3O3/c1-28-9-10-29-18-8-7-14(20(21,22)23)11-16(18)25-19(27)17-12-24-13-26(17)15-5-3-2-4-6-15/h2-8,11-13H,9-10H2,1H3,(H,25,27). The molecule has 1 heterocycles. The number of hydrogen-bond acceptors (Lipinski definition) is 4. The van der Waals surface area contributed by atoms with Gasteiger partial charge in [-0.2, -0.15) is 13.2 Å². The molecule has 3 rings (SSSR count). The lowest BCUT2D eigenvalue weighted by Crippen LogP contribution is -2.18. The van der Waals surface area contributed by atoms with E-state index in [0.717, 1.165) is 12.1 Å². The third kappa shape index (κ3) is 4.94. The molecular formula is C20H18F3N3O3. The van der Waals surface area contributed by atoms with E-state index in [1.165, 1.54) is 30.3 Å². The van der Waals surface area contributed by atoms with Crippen molar-refractivity contribution in [3.8, 4) is 11.4 Å². The summed E-state index contributed by atoms with van der Waals surface area (Å²) >= 11 is 0. The molecule has 0 aliphatic rings. The fourth-order valence-electron chi connectivity index (χ4n) is 2.61. The Bertz CT molecular complexity index is 972. The van der Waals surface area contributed by atoms with E-state index in [1.54, 1.807) is 24.3 Å². The summed E-state index contributed by atoms with van der Waals surface area (Å²) in [6.45, 7) is 0.363. The van der Waals surface area contributed by atoms with Crippen molar-refractivity contribution in [2.75, 3.05) is 25.6 Å². The number of ether oxygens (including phenoxy) is 2. The van der Waals surface area contributed by atoms with Gasteiger partial charge in [0.25, 0.3) is 5.91 Å². The van der Waals surface area contributed by atoms with E-state index >= 15 is 0 Å². The summed E-state index contributed by atoms with van der Waals surface area (Å²) in [5.74, 6) is -0.517. The van der Waals surface area contributed by atoms with Crippen molar-refractivity contribution in [3.05, 3.63) is 72.3 Å². The van der Waals surface area contributed by atoms with Crippen LogP contribution in [-0.4, -0.2) is 35.8 Å². The van der Waals surface area contributed by atoms with Crippen LogP contribution in [0, 0.1) is 0 Å². The topological polar surface area (TPSA) is 65.4 Å². The summed E-state index contributed by atoms with van der Waals surface area (Å²) in [7, 11) is 1.48. The van der Waals surface area contributed by atoms with Crippen molar-refractivity contribution < 1.29 is 27.4 Å². The van der Waals surface area contributed by atoms with E-state index in [9.17, 15) is 18.0 Å². The maximum absolute atomic E-state index is 13.1. The summed E-state index contributed by atoms with van der Waals surface area (Å²) in [4.78, 5) is 16.8. The summed E-state index contributed by atoms with van der Waals surface area (Å²) in [6.07, 6.45) is -1.77. The lowest BCUT2D eigenvalue weighted by atomic mass is 10.1. The van der Waals surface area contributed by atoms with Gasteiger partial charge >= 0.3 is 6.18 Å². The van der Waals surface area contributed by atoms with Crippen LogP contribution in [0.1, 0.15) is 16.1 Å². The van der Waals surface area contributed by atoms with Gasteiger partial charge in [-0.15, -0.1) is 0 Å². The number of carbonyl (C=O) groups excluding carboxylic acids is 1. The molecule has 9 heteroatoms. The van der Waals surface area contributed by atoms with Crippen LogP contribution in [0.25, 0.3) is 5.69 Å². The highest BCUT2D eigenvalue weighted by Gasteiger charge is 2.31. The molecule has 0 saturated heterocycles. The molecule has 1 N–H and O–H groups in total. The molecule has 0 saturated carbocycles. The Hall–Kier alpha value is -3.33. The Kier molecular flexibility index (Phi) is 6.18. The van der Waals surface area contributed by atoms with Crippen molar-refractivity contribution in [3.63, 3.8) is 0 Å². The van der Waals surface area contributed by atoms with Crippen molar-refractivity contribution >= 4 is 11.6 Å². The molecule has 2 aromatic carbocycles. The molecule has 0 aliphatic heterocycles. The van der Waals surface area contributed by atoms with Crippen molar-refractivity contribution in [2.24, 2.45) is 0 Å². The van der Waals surface area contributed by atoms with Crippen LogP contribution in [0.3, 0.4) is 0 Å². The van der Waals surface area contributed by atoms with Crippen LogP contribution in [0.5, 0.6) is 5.75 Å². The highest BCUT2D eigenvalue weighted by Crippen LogP contribution is 2.35. The van der Waals surface area contributed by atoms with Crippen molar-refractivity contribution in [1.29, 1.82) is 0 Å². The van der Waals surface area contributed by atoms with E-state index in [4.69, 9.17) is 9.47 Å². The third-order valence-electron chi connectivity index (χ3n) is 4.01. The summed E-state index contributed by atoms with van der Waals surface area (Å²) in [5.41, 5.74) is -0.141. The van der Waals surface area contributed by atoms with E-state index in [1.807, 2.05) is 6.07 Å². The first kappa shape index (κ1) is 20.4. The summed E-state index contributed by atoms with van der Waals surface area (Å²) in [6, 6.07) is 11.9. The second-order valence-corrected chi connectivity index (χ2v) is 5.99. The Morgan fingerprint density at radius 2 is 1.90 bits per heavy atom. The second-order valence-electron chi connectivity index (χ2n) is 5.99. The van der Waals surface area contributed by atoms with E-state index in [0.29, 0.717) is 5.69 Å². The van der Waals surface area contributed by atoms with Gasteiger partial charge < -0.3 is 14.8 Å². The maximum atomic E-state index is 13.1. The normalized spacial score (nSPS) is 11.3. The minimum absolute atomic E-state index is 0.0956. The van der Waals surface area contributed by atoms with Gasteiger partial charge in [-0.25, -0.2) is 4.98 Å². The number of carbonyl (C=O) groups is 1. The smallest absolute Gasteiger partial charge is 0.416 e. The number of hydrogen-bond donors (Lipinski definition) is 1. The minimum atomic E-state index is -4.56. The number of nitrogens with one attached hydrogen (secondary N) is 1. The van der Waals surface area contributed by atoms with Crippen LogP contribution >= 0.6 is 0 Å².